The average Bonchev–Trinajstić information content (AvgIpc) is 3.34. The first kappa shape index (κ1) is 29.0. The van der Waals surface area contributed by atoms with E-state index in [2.05, 4.69) is 15.2 Å². The van der Waals surface area contributed by atoms with E-state index >= 15 is 0 Å². The van der Waals surface area contributed by atoms with E-state index in [0.717, 1.165) is 53.3 Å². The Balaban J connectivity index is 1.18. The van der Waals surface area contributed by atoms with Gasteiger partial charge in [0.25, 0.3) is 0 Å². The predicted octanol–water partition coefficient (Wildman–Crippen LogP) is 8.40. The molecule has 6 rings (SSSR count). The van der Waals surface area contributed by atoms with Crippen molar-refractivity contribution in [3.05, 3.63) is 62.2 Å². The number of fused-ring (bicyclic) bond motifs is 1. The van der Waals surface area contributed by atoms with Gasteiger partial charge in [-0.1, -0.05) is 45.8 Å². The molecule has 2 aliphatic carbocycles. The van der Waals surface area contributed by atoms with Crippen LogP contribution in [0.2, 0.25) is 10.0 Å². The molecule has 2 aliphatic rings. The van der Waals surface area contributed by atoms with Gasteiger partial charge < -0.3 is 18.9 Å². The molecule has 4 aromatic rings. The highest BCUT2D eigenvalue weighted by atomic mass is 35.5. The summed E-state index contributed by atoms with van der Waals surface area (Å²) >= 11 is 14.5. The van der Waals surface area contributed by atoms with Crippen LogP contribution in [0.3, 0.4) is 0 Å². The van der Waals surface area contributed by atoms with Gasteiger partial charge in [0.1, 0.15) is 22.7 Å². The number of carbonyl (C=O) groups is 1. The number of carbonyl (C=O) groups excluding carboxylic acids is 1. The monoisotopic (exact) mass is 628 g/mol. The van der Waals surface area contributed by atoms with Crippen LogP contribution in [0.4, 0.5) is 5.13 Å². The van der Waals surface area contributed by atoms with Crippen LogP contribution < -0.4 is 9.64 Å². The number of rotatable bonds is 10. The SMILES string of the molecule is CC(C)Oc1cc(C(=O)N=O)cc2sc(N(C)C3CCC(OCc4c(-c5c(Cl)cccc5Cl)noc4C4CC4)C3)nc12. The molecule has 1 amide bonds. The summed E-state index contributed by atoms with van der Waals surface area (Å²) in [5, 5.41) is 8.81. The predicted molar refractivity (Wildman–Crippen MR) is 164 cm³/mol. The first-order chi connectivity index (χ1) is 20.2. The number of benzene rings is 2. The molecule has 12 heteroatoms. The molecular weight excluding hydrogens is 599 g/mol. The molecule has 9 nitrogen and oxygen atoms in total. The summed E-state index contributed by atoms with van der Waals surface area (Å²) in [6.07, 6.45) is 4.73. The highest BCUT2D eigenvalue weighted by Crippen LogP contribution is 2.46. The molecule has 2 fully saturated rings. The first-order valence-electron chi connectivity index (χ1n) is 14.0. The van der Waals surface area contributed by atoms with E-state index in [0.29, 0.717) is 45.1 Å². The van der Waals surface area contributed by atoms with Crippen LogP contribution in [-0.2, 0) is 11.3 Å². The van der Waals surface area contributed by atoms with Gasteiger partial charge in [0.15, 0.2) is 5.13 Å². The number of halogens is 2. The number of anilines is 1. The lowest BCUT2D eigenvalue weighted by atomic mass is 10.0. The van der Waals surface area contributed by atoms with Crippen LogP contribution >= 0.6 is 34.5 Å². The van der Waals surface area contributed by atoms with E-state index in [1.807, 2.05) is 27.0 Å². The normalized spacial score (nSPS) is 18.6. The summed E-state index contributed by atoms with van der Waals surface area (Å²) in [6.45, 7) is 4.16. The molecule has 2 saturated carbocycles. The third-order valence-corrected chi connectivity index (χ3v) is 9.50. The lowest BCUT2D eigenvalue weighted by Gasteiger charge is -2.24. The molecule has 0 saturated heterocycles. The van der Waals surface area contributed by atoms with Crippen molar-refractivity contribution in [2.24, 2.45) is 5.18 Å². The molecular formula is C30H30Cl2N4O5S. The molecule has 0 bridgehead atoms. The van der Waals surface area contributed by atoms with Crippen molar-refractivity contribution in [1.82, 2.24) is 10.1 Å². The maximum Gasteiger partial charge on any atom is 0.316 e. The van der Waals surface area contributed by atoms with E-state index in [1.165, 1.54) is 11.3 Å². The fourth-order valence-corrected chi connectivity index (χ4v) is 7.12. The number of amides is 1. The van der Waals surface area contributed by atoms with Crippen molar-refractivity contribution in [3.8, 4) is 17.0 Å². The number of hydrogen-bond donors (Lipinski definition) is 0. The van der Waals surface area contributed by atoms with Crippen molar-refractivity contribution >= 4 is 55.8 Å². The molecule has 0 spiro atoms. The minimum atomic E-state index is -0.831. The van der Waals surface area contributed by atoms with E-state index in [1.54, 1.807) is 24.3 Å². The summed E-state index contributed by atoms with van der Waals surface area (Å²) in [5.41, 5.74) is 3.09. The number of nitroso groups, excluding NO2 is 1. The molecule has 2 heterocycles. The number of aromatic nitrogens is 2. The zero-order chi connectivity index (χ0) is 29.5. The van der Waals surface area contributed by atoms with Crippen molar-refractivity contribution in [1.29, 1.82) is 0 Å². The zero-order valence-corrected chi connectivity index (χ0v) is 25.8. The Morgan fingerprint density at radius 3 is 2.64 bits per heavy atom. The Morgan fingerprint density at radius 2 is 1.95 bits per heavy atom. The zero-order valence-electron chi connectivity index (χ0n) is 23.4. The van der Waals surface area contributed by atoms with Crippen LogP contribution in [0.25, 0.3) is 21.5 Å². The van der Waals surface area contributed by atoms with Gasteiger partial charge >= 0.3 is 5.91 Å². The number of ether oxygens (including phenoxy) is 2. The molecule has 2 unspecified atom stereocenters. The van der Waals surface area contributed by atoms with Crippen LogP contribution in [0.1, 0.15) is 73.6 Å². The lowest BCUT2D eigenvalue weighted by Crippen LogP contribution is -2.29. The second-order valence-corrected chi connectivity index (χ2v) is 13.0. The Morgan fingerprint density at radius 1 is 1.19 bits per heavy atom. The van der Waals surface area contributed by atoms with Crippen molar-refractivity contribution in [3.63, 3.8) is 0 Å². The summed E-state index contributed by atoms with van der Waals surface area (Å²) in [7, 11) is 2.02. The fraction of sp³-hybridized carbons (Fsp3) is 0.433. The van der Waals surface area contributed by atoms with Gasteiger partial charge in [-0.15, -0.1) is 4.91 Å². The highest BCUT2D eigenvalue weighted by molar-refractivity contribution is 7.22. The Labute approximate surface area is 257 Å². The van der Waals surface area contributed by atoms with Crippen molar-refractivity contribution in [2.75, 3.05) is 11.9 Å². The van der Waals surface area contributed by atoms with Gasteiger partial charge in [0.05, 0.1) is 39.1 Å². The van der Waals surface area contributed by atoms with E-state index in [9.17, 15) is 9.70 Å². The fourth-order valence-electron chi connectivity index (χ4n) is 5.48. The van der Waals surface area contributed by atoms with E-state index in [-0.39, 0.29) is 23.8 Å². The van der Waals surface area contributed by atoms with Crippen LogP contribution in [0, 0.1) is 4.91 Å². The maximum atomic E-state index is 12.0. The summed E-state index contributed by atoms with van der Waals surface area (Å²) in [6, 6.07) is 8.82. The molecule has 2 atom stereocenters. The minimum absolute atomic E-state index is 0.0473. The molecule has 42 heavy (non-hydrogen) atoms. The summed E-state index contributed by atoms with van der Waals surface area (Å²) < 4.78 is 19.0. The van der Waals surface area contributed by atoms with Crippen molar-refractivity contribution < 1.29 is 18.8 Å². The smallest absolute Gasteiger partial charge is 0.316 e. The van der Waals surface area contributed by atoms with Gasteiger partial charge in [-0.3, -0.25) is 4.79 Å². The van der Waals surface area contributed by atoms with Gasteiger partial charge in [-0.2, -0.15) is 0 Å². The molecule has 0 N–H and O–H groups in total. The summed E-state index contributed by atoms with van der Waals surface area (Å²) in [5.74, 6) is 0.856. The number of nitrogens with zero attached hydrogens (tertiary/aromatic N) is 4. The Kier molecular flexibility index (Phi) is 8.24. The van der Waals surface area contributed by atoms with Gasteiger partial charge in [0.2, 0.25) is 0 Å². The van der Waals surface area contributed by atoms with E-state index in [4.69, 9.17) is 42.2 Å². The Hall–Kier alpha value is -3.05. The maximum absolute atomic E-state index is 12.0. The molecule has 0 aliphatic heterocycles. The largest absolute Gasteiger partial charge is 0.489 e. The van der Waals surface area contributed by atoms with Gasteiger partial charge in [0, 0.05) is 35.3 Å². The molecule has 0 radical (unpaired) electrons. The average molecular weight is 630 g/mol. The second kappa shape index (κ2) is 11.9. The molecule has 2 aromatic heterocycles. The van der Waals surface area contributed by atoms with Crippen molar-refractivity contribution in [2.45, 2.75) is 76.7 Å². The van der Waals surface area contributed by atoms with Crippen LogP contribution in [0.15, 0.2) is 40.0 Å². The lowest BCUT2D eigenvalue weighted by molar-refractivity contribution is 0.0441. The van der Waals surface area contributed by atoms with Crippen LogP contribution in [-0.4, -0.2) is 41.3 Å². The van der Waals surface area contributed by atoms with E-state index < -0.39 is 5.91 Å². The van der Waals surface area contributed by atoms with Gasteiger partial charge in [-0.25, -0.2) is 4.98 Å². The molecule has 220 valence electrons. The Bertz CT molecular complexity index is 1630. The molecule has 2 aromatic carbocycles. The minimum Gasteiger partial charge on any atom is -0.489 e. The standard InChI is InChI=1S/C30H30Cl2N4O5S/c1-15(2)40-23-11-17(29(37)34-38)12-24-27(23)33-30(42-24)36(3)18-9-10-19(13-18)39-14-20-26(35-41-28(20)16-7-8-16)25-21(31)5-4-6-22(25)32/h4-6,11-12,15-16,18-19H,7-10,13-14H2,1-3H3. The first-order valence-corrected chi connectivity index (χ1v) is 15.6. The third kappa shape index (κ3) is 5.77. The highest BCUT2D eigenvalue weighted by Gasteiger charge is 2.35. The third-order valence-electron chi connectivity index (χ3n) is 7.78. The topological polar surface area (TPSA) is 107 Å². The van der Waals surface area contributed by atoms with Gasteiger partial charge in [-0.05, 0) is 70.2 Å². The number of thiazole rings is 1. The van der Waals surface area contributed by atoms with Crippen LogP contribution in [0.5, 0.6) is 5.75 Å². The quantitative estimate of drug-likeness (QED) is 0.161. The summed E-state index contributed by atoms with van der Waals surface area (Å²) in [4.78, 5) is 30.0. The number of hydrogen-bond acceptors (Lipinski definition) is 9. The second-order valence-electron chi connectivity index (χ2n) is 11.1.